The van der Waals surface area contributed by atoms with Gasteiger partial charge in [-0.2, -0.15) is 0 Å². The maximum atomic E-state index is 12.1. The van der Waals surface area contributed by atoms with Crippen LogP contribution >= 0.6 is 0 Å². The van der Waals surface area contributed by atoms with Gasteiger partial charge in [0, 0.05) is 12.1 Å². The lowest BCUT2D eigenvalue weighted by atomic mass is 9.92. The van der Waals surface area contributed by atoms with E-state index < -0.39 is 20.0 Å². The molecule has 0 spiro atoms. The first-order valence-electron chi connectivity index (χ1n) is 8.29. The van der Waals surface area contributed by atoms with Crippen LogP contribution in [0.3, 0.4) is 0 Å². The summed E-state index contributed by atoms with van der Waals surface area (Å²) in [6.45, 7) is 3.89. The van der Waals surface area contributed by atoms with Crippen molar-refractivity contribution in [2.24, 2.45) is 0 Å². The summed E-state index contributed by atoms with van der Waals surface area (Å²) < 4.78 is 53.6. The molecule has 6 nitrogen and oxygen atoms in total. The van der Waals surface area contributed by atoms with Crippen LogP contribution in [0.5, 0.6) is 0 Å². The molecule has 0 amide bonds. The van der Waals surface area contributed by atoms with Crippen LogP contribution in [0.1, 0.15) is 65.2 Å². The zero-order chi connectivity index (χ0) is 16.6. The summed E-state index contributed by atoms with van der Waals surface area (Å²) in [6, 6.07) is -0.654. The minimum atomic E-state index is -3.33. The van der Waals surface area contributed by atoms with E-state index in [9.17, 15) is 16.8 Å². The van der Waals surface area contributed by atoms with Gasteiger partial charge >= 0.3 is 0 Å². The van der Waals surface area contributed by atoms with Crippen LogP contribution in [0.4, 0.5) is 0 Å². The quantitative estimate of drug-likeness (QED) is 0.625. The molecule has 1 aliphatic carbocycles. The summed E-state index contributed by atoms with van der Waals surface area (Å²) >= 11 is 0. The Hall–Kier alpha value is -0.180. The SMILES string of the molecule is CCCCS(=O)(=O)N[C@@H]1CCCC[C@H]1NS(=O)(=O)CCCC. The van der Waals surface area contributed by atoms with Crippen LogP contribution in [0, 0.1) is 0 Å². The second-order valence-corrected chi connectivity index (χ2v) is 9.82. The summed E-state index contributed by atoms with van der Waals surface area (Å²) in [7, 11) is -6.67. The van der Waals surface area contributed by atoms with Gasteiger partial charge < -0.3 is 0 Å². The molecule has 1 saturated carbocycles. The molecule has 2 N–H and O–H groups in total. The fraction of sp³-hybridized carbons (Fsp3) is 1.00. The molecule has 132 valence electrons. The Balaban J connectivity index is 2.67. The standard InChI is InChI=1S/C14H30N2O4S2/c1-3-5-11-21(17,18)15-13-9-7-8-10-14(13)16-22(19,20)12-6-4-2/h13-16H,3-12H2,1-2H3/t13-,14-/m1/s1. The predicted octanol–water partition coefficient (Wildman–Crippen LogP) is 1.74. The molecule has 0 aliphatic heterocycles. The first-order chi connectivity index (χ1) is 10.3. The van der Waals surface area contributed by atoms with Crippen LogP contribution in [0.25, 0.3) is 0 Å². The van der Waals surface area contributed by atoms with Crippen LogP contribution in [-0.2, 0) is 20.0 Å². The Morgan fingerprint density at radius 2 is 1.14 bits per heavy atom. The molecule has 2 atom stereocenters. The van der Waals surface area contributed by atoms with Crippen molar-refractivity contribution in [2.75, 3.05) is 11.5 Å². The van der Waals surface area contributed by atoms with Crippen molar-refractivity contribution in [3.05, 3.63) is 0 Å². The Morgan fingerprint density at radius 1 is 0.773 bits per heavy atom. The molecule has 0 unspecified atom stereocenters. The van der Waals surface area contributed by atoms with Crippen LogP contribution < -0.4 is 9.44 Å². The summed E-state index contributed by atoms with van der Waals surface area (Å²) in [6.07, 6.45) is 6.10. The van der Waals surface area contributed by atoms with E-state index in [2.05, 4.69) is 9.44 Å². The lowest BCUT2D eigenvalue weighted by molar-refractivity contribution is 0.340. The molecule has 22 heavy (non-hydrogen) atoms. The van der Waals surface area contributed by atoms with Gasteiger partial charge in [-0.25, -0.2) is 26.3 Å². The highest BCUT2D eigenvalue weighted by atomic mass is 32.2. The number of rotatable bonds is 10. The maximum absolute atomic E-state index is 12.1. The highest BCUT2D eigenvalue weighted by Crippen LogP contribution is 2.20. The summed E-state index contributed by atoms with van der Waals surface area (Å²) in [5.74, 6) is 0.213. The summed E-state index contributed by atoms with van der Waals surface area (Å²) in [5.41, 5.74) is 0. The van der Waals surface area contributed by atoms with E-state index in [4.69, 9.17) is 0 Å². The Kier molecular flexibility index (Phi) is 8.31. The van der Waals surface area contributed by atoms with Gasteiger partial charge in [0.15, 0.2) is 0 Å². The largest absolute Gasteiger partial charge is 0.212 e. The summed E-state index contributed by atoms with van der Waals surface area (Å²) in [4.78, 5) is 0. The Bertz CT molecular complexity index is 469. The molecular weight excluding hydrogens is 324 g/mol. The van der Waals surface area contributed by atoms with Gasteiger partial charge in [0.2, 0.25) is 20.0 Å². The lowest BCUT2D eigenvalue weighted by Crippen LogP contribution is -2.53. The molecule has 1 aliphatic rings. The van der Waals surface area contributed by atoms with E-state index in [0.29, 0.717) is 25.7 Å². The third-order valence-corrected chi connectivity index (χ3v) is 6.94. The molecule has 0 aromatic rings. The van der Waals surface area contributed by atoms with E-state index >= 15 is 0 Å². The highest BCUT2D eigenvalue weighted by Gasteiger charge is 2.31. The molecule has 1 rings (SSSR count). The third-order valence-electron chi connectivity index (χ3n) is 3.96. The first-order valence-corrected chi connectivity index (χ1v) is 11.6. The van der Waals surface area contributed by atoms with Gasteiger partial charge in [-0.1, -0.05) is 39.5 Å². The number of hydrogen-bond donors (Lipinski definition) is 2. The Labute approximate surface area is 135 Å². The van der Waals surface area contributed by atoms with Gasteiger partial charge in [-0.05, 0) is 25.7 Å². The fourth-order valence-electron chi connectivity index (χ4n) is 2.66. The average Bonchev–Trinajstić information content (AvgIpc) is 2.45. The van der Waals surface area contributed by atoms with Crippen LogP contribution in [0.15, 0.2) is 0 Å². The monoisotopic (exact) mass is 354 g/mol. The van der Waals surface area contributed by atoms with Gasteiger partial charge in [0.1, 0.15) is 0 Å². The molecular formula is C14H30N2O4S2. The van der Waals surface area contributed by atoms with Gasteiger partial charge in [0.25, 0.3) is 0 Å². The van der Waals surface area contributed by atoms with E-state index in [1.54, 1.807) is 0 Å². The van der Waals surface area contributed by atoms with Crippen molar-refractivity contribution in [3.63, 3.8) is 0 Å². The minimum absolute atomic E-state index is 0.106. The number of unbranched alkanes of at least 4 members (excludes halogenated alkanes) is 2. The van der Waals surface area contributed by atoms with E-state index in [1.807, 2.05) is 13.8 Å². The molecule has 0 aromatic carbocycles. The van der Waals surface area contributed by atoms with Crippen LogP contribution in [-0.4, -0.2) is 40.4 Å². The number of nitrogens with one attached hydrogen (secondary N) is 2. The maximum Gasteiger partial charge on any atom is 0.211 e. The number of hydrogen-bond acceptors (Lipinski definition) is 4. The normalized spacial score (nSPS) is 23.5. The molecule has 1 fully saturated rings. The predicted molar refractivity (Wildman–Crippen MR) is 89.7 cm³/mol. The smallest absolute Gasteiger partial charge is 0.211 e. The van der Waals surface area contributed by atoms with Gasteiger partial charge in [0.05, 0.1) is 11.5 Å². The lowest BCUT2D eigenvalue weighted by Gasteiger charge is -2.32. The van der Waals surface area contributed by atoms with E-state index in [-0.39, 0.29) is 23.6 Å². The Morgan fingerprint density at radius 3 is 1.45 bits per heavy atom. The molecule has 0 saturated heterocycles. The zero-order valence-corrected chi connectivity index (χ0v) is 15.3. The summed E-state index contributed by atoms with van der Waals surface area (Å²) in [5, 5.41) is 0. The highest BCUT2D eigenvalue weighted by molar-refractivity contribution is 7.89. The third kappa shape index (κ3) is 7.39. The molecule has 0 radical (unpaired) electrons. The van der Waals surface area contributed by atoms with Gasteiger partial charge in [-0.3, -0.25) is 0 Å². The molecule has 8 heteroatoms. The second-order valence-electron chi connectivity index (χ2n) is 6.08. The topological polar surface area (TPSA) is 92.3 Å². The van der Waals surface area contributed by atoms with E-state index in [0.717, 1.165) is 25.7 Å². The van der Waals surface area contributed by atoms with Crippen molar-refractivity contribution in [1.82, 2.24) is 9.44 Å². The molecule has 0 heterocycles. The van der Waals surface area contributed by atoms with Crippen molar-refractivity contribution >= 4 is 20.0 Å². The number of sulfonamides is 2. The van der Waals surface area contributed by atoms with Crippen LogP contribution in [0.2, 0.25) is 0 Å². The minimum Gasteiger partial charge on any atom is -0.212 e. The van der Waals surface area contributed by atoms with Crippen molar-refractivity contribution < 1.29 is 16.8 Å². The zero-order valence-electron chi connectivity index (χ0n) is 13.7. The molecule has 0 aromatic heterocycles. The first kappa shape index (κ1) is 19.9. The van der Waals surface area contributed by atoms with Gasteiger partial charge in [-0.15, -0.1) is 0 Å². The molecule has 0 bridgehead atoms. The van der Waals surface area contributed by atoms with Crippen molar-refractivity contribution in [1.29, 1.82) is 0 Å². The average molecular weight is 355 g/mol. The van der Waals surface area contributed by atoms with Crippen molar-refractivity contribution in [2.45, 2.75) is 77.3 Å². The van der Waals surface area contributed by atoms with Crippen molar-refractivity contribution in [3.8, 4) is 0 Å². The fourth-order valence-corrected chi connectivity index (χ4v) is 5.72. The van der Waals surface area contributed by atoms with E-state index in [1.165, 1.54) is 0 Å². The second kappa shape index (κ2) is 9.20.